The summed E-state index contributed by atoms with van der Waals surface area (Å²) in [6.45, 7) is 2.21. The lowest BCUT2D eigenvalue weighted by Gasteiger charge is -2.21. The molecule has 1 aromatic carbocycles. The van der Waals surface area contributed by atoms with Crippen LogP contribution in [0.1, 0.15) is 19.8 Å². The van der Waals surface area contributed by atoms with Crippen LogP contribution in [-0.4, -0.2) is 17.6 Å². The van der Waals surface area contributed by atoms with Gasteiger partial charge in [0.05, 0.1) is 6.26 Å². The summed E-state index contributed by atoms with van der Waals surface area (Å²) in [6.07, 6.45) is 4.58. The second-order valence-electron chi connectivity index (χ2n) is 4.70. The van der Waals surface area contributed by atoms with E-state index in [4.69, 9.17) is 4.74 Å². The second kappa shape index (κ2) is 6.64. The molecule has 1 aromatic rings. The molecule has 2 nitrogen and oxygen atoms in total. The van der Waals surface area contributed by atoms with E-state index in [0.717, 1.165) is 12.2 Å². The predicted molar refractivity (Wildman–Crippen MR) is 74.6 cm³/mol. The van der Waals surface area contributed by atoms with E-state index < -0.39 is 0 Å². The quantitative estimate of drug-likeness (QED) is 0.757. The zero-order valence-corrected chi connectivity index (χ0v) is 11.4. The molecule has 0 amide bonds. The molecule has 2 rings (SSSR count). The van der Waals surface area contributed by atoms with E-state index in [1.54, 1.807) is 0 Å². The fourth-order valence-electron chi connectivity index (χ4n) is 1.98. The summed E-state index contributed by atoms with van der Waals surface area (Å²) in [7, 11) is 0. The molecule has 1 heterocycles. The Morgan fingerprint density at radius 1 is 1.39 bits per heavy atom. The van der Waals surface area contributed by atoms with E-state index in [9.17, 15) is 4.79 Å². The van der Waals surface area contributed by atoms with Crippen LogP contribution in [0.4, 0.5) is 0 Å². The van der Waals surface area contributed by atoms with Gasteiger partial charge in [-0.25, -0.2) is 0 Å². The number of ether oxygens (including phenoxy) is 1. The van der Waals surface area contributed by atoms with E-state index in [2.05, 4.69) is 31.2 Å². The first-order valence-corrected chi connectivity index (χ1v) is 7.25. The predicted octanol–water partition coefficient (Wildman–Crippen LogP) is 3.68. The molecule has 18 heavy (non-hydrogen) atoms. The average molecular weight is 262 g/mol. The van der Waals surface area contributed by atoms with E-state index in [-0.39, 0.29) is 11.9 Å². The summed E-state index contributed by atoms with van der Waals surface area (Å²) in [6, 6.07) is 10.4. The maximum atomic E-state index is 11.3. The fraction of sp³-hybridized carbons (Fsp3) is 0.400. The lowest BCUT2D eigenvalue weighted by atomic mass is 10.0. The molecule has 0 unspecified atom stereocenters. The van der Waals surface area contributed by atoms with Gasteiger partial charge in [0.2, 0.25) is 0 Å². The summed E-state index contributed by atoms with van der Waals surface area (Å²) in [5, 5.41) is 0. The van der Waals surface area contributed by atoms with Gasteiger partial charge in [0.25, 0.3) is 0 Å². The maximum absolute atomic E-state index is 11.3. The van der Waals surface area contributed by atoms with Crippen LogP contribution in [-0.2, 0) is 9.53 Å². The van der Waals surface area contributed by atoms with Crippen molar-refractivity contribution in [2.75, 3.05) is 5.75 Å². The van der Waals surface area contributed by atoms with Gasteiger partial charge in [0.15, 0.2) is 5.78 Å². The third kappa shape index (κ3) is 4.22. The monoisotopic (exact) mass is 262 g/mol. The Morgan fingerprint density at radius 2 is 2.17 bits per heavy atom. The molecule has 0 bridgehead atoms. The Labute approximate surface area is 112 Å². The number of hydrogen-bond acceptors (Lipinski definition) is 3. The minimum absolute atomic E-state index is 0.0638. The molecular formula is C15H18O2S. The molecule has 0 spiro atoms. The van der Waals surface area contributed by atoms with E-state index in [0.29, 0.717) is 12.3 Å². The maximum Gasteiger partial charge on any atom is 0.162 e. The van der Waals surface area contributed by atoms with E-state index in [1.807, 2.05) is 17.8 Å². The first-order valence-electron chi connectivity index (χ1n) is 6.26. The van der Waals surface area contributed by atoms with Gasteiger partial charge in [-0.05, 0) is 24.5 Å². The fourth-order valence-corrected chi connectivity index (χ4v) is 2.94. The van der Waals surface area contributed by atoms with Crippen LogP contribution in [0.15, 0.2) is 47.6 Å². The largest absolute Gasteiger partial charge is 0.497 e. The number of hydrogen-bond donors (Lipinski definition) is 0. The number of thioether (sulfide) groups is 1. The molecule has 2 atom stereocenters. The number of carbonyl (C=O) groups excluding carboxylic acids is 1. The summed E-state index contributed by atoms with van der Waals surface area (Å²) in [4.78, 5) is 12.6. The van der Waals surface area contributed by atoms with Crippen molar-refractivity contribution in [2.45, 2.75) is 30.8 Å². The highest BCUT2D eigenvalue weighted by atomic mass is 32.2. The summed E-state index contributed by atoms with van der Waals surface area (Å²) in [5.41, 5.74) is 0. The molecule has 96 valence electrons. The van der Waals surface area contributed by atoms with Gasteiger partial charge in [-0.2, -0.15) is 0 Å². The lowest BCUT2D eigenvalue weighted by molar-refractivity contribution is -0.118. The van der Waals surface area contributed by atoms with E-state index in [1.165, 1.54) is 17.2 Å². The molecule has 3 heteroatoms. The number of rotatable bonds is 5. The summed E-state index contributed by atoms with van der Waals surface area (Å²) >= 11 is 1.86. The molecule has 0 saturated carbocycles. The van der Waals surface area contributed by atoms with Crippen LogP contribution in [0.25, 0.3) is 0 Å². The van der Waals surface area contributed by atoms with Crippen LogP contribution in [0.2, 0.25) is 0 Å². The molecule has 0 N–H and O–H groups in total. The molecule has 0 fully saturated rings. The molecule has 0 aliphatic carbocycles. The smallest absolute Gasteiger partial charge is 0.162 e. The van der Waals surface area contributed by atoms with Crippen LogP contribution < -0.4 is 0 Å². The second-order valence-corrected chi connectivity index (χ2v) is 5.79. The highest BCUT2D eigenvalue weighted by Gasteiger charge is 2.19. The molecule has 1 aliphatic rings. The highest BCUT2D eigenvalue weighted by Crippen LogP contribution is 2.24. The van der Waals surface area contributed by atoms with Crippen molar-refractivity contribution in [2.24, 2.45) is 5.92 Å². The highest BCUT2D eigenvalue weighted by molar-refractivity contribution is 7.99. The minimum Gasteiger partial charge on any atom is -0.497 e. The minimum atomic E-state index is 0.0638. The van der Waals surface area contributed by atoms with E-state index >= 15 is 0 Å². The van der Waals surface area contributed by atoms with Crippen molar-refractivity contribution < 1.29 is 9.53 Å². The van der Waals surface area contributed by atoms with Gasteiger partial charge in [0.1, 0.15) is 6.10 Å². The van der Waals surface area contributed by atoms with Crippen molar-refractivity contribution >= 4 is 17.5 Å². The van der Waals surface area contributed by atoms with Crippen LogP contribution in [0.3, 0.4) is 0 Å². The van der Waals surface area contributed by atoms with Gasteiger partial charge in [0, 0.05) is 23.1 Å². The molecule has 0 aromatic heterocycles. The van der Waals surface area contributed by atoms with Gasteiger partial charge < -0.3 is 4.74 Å². The van der Waals surface area contributed by atoms with Crippen molar-refractivity contribution in [1.82, 2.24) is 0 Å². The SMILES string of the molecule is C[C@@H](CSc1ccccc1)C[C@@H]1CC(=O)C=CO1. The molecule has 0 saturated heterocycles. The zero-order valence-electron chi connectivity index (χ0n) is 10.5. The molecule has 0 radical (unpaired) electrons. The first-order chi connectivity index (χ1) is 8.74. The Balaban J connectivity index is 1.74. The van der Waals surface area contributed by atoms with Crippen LogP contribution in [0.5, 0.6) is 0 Å². The van der Waals surface area contributed by atoms with Crippen molar-refractivity contribution in [3.8, 4) is 0 Å². The Kier molecular flexibility index (Phi) is 4.88. The topological polar surface area (TPSA) is 26.3 Å². The number of benzene rings is 1. The van der Waals surface area contributed by atoms with Crippen molar-refractivity contribution in [3.63, 3.8) is 0 Å². The molecular weight excluding hydrogens is 244 g/mol. The van der Waals surface area contributed by atoms with Crippen molar-refractivity contribution in [3.05, 3.63) is 42.7 Å². The van der Waals surface area contributed by atoms with Crippen molar-refractivity contribution in [1.29, 1.82) is 0 Å². The Bertz CT molecular complexity index is 414. The summed E-state index contributed by atoms with van der Waals surface area (Å²) in [5.74, 6) is 1.77. The summed E-state index contributed by atoms with van der Waals surface area (Å²) < 4.78 is 5.46. The Morgan fingerprint density at radius 3 is 2.89 bits per heavy atom. The Hall–Kier alpha value is -1.22. The van der Waals surface area contributed by atoms with Gasteiger partial charge in [-0.1, -0.05) is 25.1 Å². The van der Waals surface area contributed by atoms with Gasteiger partial charge >= 0.3 is 0 Å². The third-order valence-electron chi connectivity index (χ3n) is 2.90. The third-order valence-corrected chi connectivity index (χ3v) is 4.24. The normalized spacial score (nSPS) is 20.5. The number of carbonyl (C=O) groups is 1. The van der Waals surface area contributed by atoms with Gasteiger partial charge in [-0.15, -0.1) is 11.8 Å². The van der Waals surface area contributed by atoms with Gasteiger partial charge in [-0.3, -0.25) is 4.79 Å². The number of allylic oxidation sites excluding steroid dienone is 1. The molecule has 1 aliphatic heterocycles. The lowest BCUT2D eigenvalue weighted by Crippen LogP contribution is -2.21. The standard InChI is InChI=1S/C15H18O2S/c1-12(9-14-10-13(16)7-8-17-14)11-18-15-5-3-2-4-6-15/h2-8,12,14H,9-11H2,1H3/t12-,14-/m1/s1. The van der Waals surface area contributed by atoms with Crippen LogP contribution in [0, 0.1) is 5.92 Å². The average Bonchev–Trinajstić information content (AvgIpc) is 2.38. The number of ketones is 1. The first kappa shape index (κ1) is 13.2. The van der Waals surface area contributed by atoms with Crippen LogP contribution >= 0.6 is 11.8 Å². The zero-order chi connectivity index (χ0) is 12.8.